The number of nitrogens with one attached hydrogen (secondary N) is 1. The van der Waals surface area contributed by atoms with Crippen LogP contribution in [0.25, 0.3) is 0 Å². The monoisotopic (exact) mass is 265 g/mol. The summed E-state index contributed by atoms with van der Waals surface area (Å²) in [5, 5.41) is 2.66. The van der Waals surface area contributed by atoms with Crippen LogP contribution < -0.4 is 5.32 Å². The summed E-state index contributed by atoms with van der Waals surface area (Å²) in [5.41, 5.74) is 0.113. The fourth-order valence-electron chi connectivity index (χ4n) is 2.10. The molecule has 0 aliphatic heterocycles. The summed E-state index contributed by atoms with van der Waals surface area (Å²) < 4.78 is 14.1. The van der Waals surface area contributed by atoms with Gasteiger partial charge in [-0.2, -0.15) is 0 Å². The van der Waals surface area contributed by atoms with Crippen LogP contribution >= 0.6 is 0 Å². The molecule has 1 aliphatic rings. The van der Waals surface area contributed by atoms with Crippen LogP contribution in [0.4, 0.5) is 10.2 Å². The third kappa shape index (κ3) is 3.03. The summed E-state index contributed by atoms with van der Waals surface area (Å²) in [4.78, 5) is 18.1. The second-order valence-corrected chi connectivity index (χ2v) is 4.85. The number of hydrogen-bond donors (Lipinski definition) is 1. The van der Waals surface area contributed by atoms with Crippen LogP contribution in [0.1, 0.15) is 43.0 Å². The maximum atomic E-state index is 14.1. The molecule has 1 aromatic rings. The smallest absolute Gasteiger partial charge is 0.257 e. The Bertz CT molecular complexity index is 460. The van der Waals surface area contributed by atoms with E-state index >= 15 is 0 Å². The van der Waals surface area contributed by atoms with E-state index in [1.165, 1.54) is 12.3 Å². The van der Waals surface area contributed by atoms with Crippen molar-refractivity contribution in [1.29, 1.82) is 0 Å². The van der Waals surface area contributed by atoms with Crippen molar-refractivity contribution in [2.75, 3.05) is 18.9 Å². The molecule has 1 aliphatic carbocycles. The number of amides is 1. The molecule has 0 atom stereocenters. The number of aromatic nitrogens is 1. The Kier molecular flexibility index (Phi) is 4.35. The van der Waals surface area contributed by atoms with Crippen molar-refractivity contribution in [2.45, 2.75) is 38.6 Å². The van der Waals surface area contributed by atoms with Gasteiger partial charge in [0.1, 0.15) is 0 Å². The van der Waals surface area contributed by atoms with Gasteiger partial charge in [0.15, 0.2) is 11.6 Å². The molecular formula is C14H20FN3O. The predicted molar refractivity (Wildman–Crippen MR) is 72.7 cm³/mol. The minimum absolute atomic E-state index is 0.113. The van der Waals surface area contributed by atoms with E-state index in [-0.39, 0.29) is 17.3 Å². The third-order valence-corrected chi connectivity index (χ3v) is 3.36. The molecular weight excluding hydrogens is 245 g/mol. The molecule has 1 aromatic heterocycles. The summed E-state index contributed by atoms with van der Waals surface area (Å²) in [7, 11) is 1.59. The minimum atomic E-state index is -0.558. The van der Waals surface area contributed by atoms with Gasteiger partial charge in [-0.05, 0) is 25.3 Å². The van der Waals surface area contributed by atoms with Crippen LogP contribution in [-0.2, 0) is 0 Å². The second kappa shape index (κ2) is 5.99. The Labute approximate surface area is 113 Å². The molecule has 1 amide bonds. The topological polar surface area (TPSA) is 45.2 Å². The molecule has 5 heteroatoms. The Hall–Kier alpha value is -1.65. The molecule has 104 valence electrons. The van der Waals surface area contributed by atoms with Crippen molar-refractivity contribution in [1.82, 2.24) is 9.88 Å². The number of pyridine rings is 1. The van der Waals surface area contributed by atoms with Gasteiger partial charge in [0.05, 0.1) is 5.56 Å². The van der Waals surface area contributed by atoms with E-state index in [1.54, 1.807) is 11.9 Å². The highest BCUT2D eigenvalue weighted by atomic mass is 19.1. The molecule has 2 rings (SSSR count). The lowest BCUT2D eigenvalue weighted by Gasteiger charge is -2.22. The molecule has 1 fully saturated rings. The lowest BCUT2D eigenvalue weighted by molar-refractivity contribution is 0.0736. The van der Waals surface area contributed by atoms with Gasteiger partial charge in [0, 0.05) is 25.8 Å². The van der Waals surface area contributed by atoms with Gasteiger partial charge in [-0.15, -0.1) is 0 Å². The molecule has 0 unspecified atom stereocenters. The van der Waals surface area contributed by atoms with Gasteiger partial charge in [0.2, 0.25) is 0 Å². The predicted octanol–water partition coefficient (Wildman–Crippen LogP) is 2.67. The summed E-state index contributed by atoms with van der Waals surface area (Å²) in [6.45, 7) is 2.79. The van der Waals surface area contributed by atoms with Crippen LogP contribution in [0.15, 0.2) is 12.3 Å². The van der Waals surface area contributed by atoms with E-state index in [9.17, 15) is 9.18 Å². The van der Waals surface area contributed by atoms with Crippen LogP contribution in [0.5, 0.6) is 0 Å². The van der Waals surface area contributed by atoms with E-state index in [4.69, 9.17) is 0 Å². The number of carbonyl (C=O) groups is 1. The average molecular weight is 265 g/mol. The Balaban J connectivity index is 2.21. The molecule has 1 heterocycles. The number of anilines is 1. The van der Waals surface area contributed by atoms with Gasteiger partial charge in [-0.3, -0.25) is 4.79 Å². The molecule has 0 spiro atoms. The van der Waals surface area contributed by atoms with E-state index in [1.807, 2.05) is 0 Å². The van der Waals surface area contributed by atoms with E-state index < -0.39 is 5.82 Å². The number of unbranched alkanes of at least 4 members (excludes halogenated alkanes) is 1. The van der Waals surface area contributed by atoms with Gasteiger partial charge in [-0.1, -0.05) is 13.3 Å². The highest BCUT2D eigenvalue weighted by molar-refractivity contribution is 5.95. The fraction of sp³-hybridized carbons (Fsp3) is 0.571. The van der Waals surface area contributed by atoms with Gasteiger partial charge in [-0.25, -0.2) is 9.37 Å². The molecule has 0 radical (unpaired) electrons. The average Bonchev–Trinajstić information content (AvgIpc) is 3.24. The van der Waals surface area contributed by atoms with Crippen LogP contribution in [0.2, 0.25) is 0 Å². The van der Waals surface area contributed by atoms with Crippen molar-refractivity contribution in [3.8, 4) is 0 Å². The number of carbonyl (C=O) groups excluding carboxylic acids is 1. The van der Waals surface area contributed by atoms with Crippen molar-refractivity contribution < 1.29 is 9.18 Å². The zero-order chi connectivity index (χ0) is 13.8. The second-order valence-electron chi connectivity index (χ2n) is 4.85. The number of rotatable bonds is 6. The van der Waals surface area contributed by atoms with Gasteiger partial charge >= 0.3 is 0 Å². The third-order valence-electron chi connectivity index (χ3n) is 3.36. The first kappa shape index (κ1) is 13.8. The summed E-state index contributed by atoms with van der Waals surface area (Å²) >= 11 is 0. The maximum Gasteiger partial charge on any atom is 0.257 e. The molecule has 1 N–H and O–H groups in total. The number of halogens is 1. The minimum Gasteiger partial charge on any atom is -0.371 e. The summed E-state index contributed by atoms with van der Waals surface area (Å²) in [6.07, 6.45) is 5.50. The fourth-order valence-corrected chi connectivity index (χ4v) is 2.10. The van der Waals surface area contributed by atoms with Gasteiger partial charge in [0.25, 0.3) is 5.91 Å². The first-order valence-corrected chi connectivity index (χ1v) is 6.82. The lowest BCUT2D eigenvalue weighted by atomic mass is 10.2. The maximum absolute atomic E-state index is 14.1. The zero-order valence-electron chi connectivity index (χ0n) is 11.4. The first-order valence-electron chi connectivity index (χ1n) is 6.82. The van der Waals surface area contributed by atoms with Crippen LogP contribution in [-0.4, -0.2) is 35.4 Å². The van der Waals surface area contributed by atoms with Crippen LogP contribution in [0.3, 0.4) is 0 Å². The Morgan fingerprint density at radius 1 is 1.58 bits per heavy atom. The Morgan fingerprint density at radius 2 is 2.32 bits per heavy atom. The molecule has 4 nitrogen and oxygen atoms in total. The van der Waals surface area contributed by atoms with Crippen molar-refractivity contribution >= 4 is 11.7 Å². The van der Waals surface area contributed by atoms with E-state index in [0.29, 0.717) is 12.6 Å². The standard InChI is InChI=1S/C14H20FN3O/c1-3-4-9-18(10-5-6-10)14(19)11-7-8-17-13(16-2)12(11)15/h7-8,10H,3-6,9H2,1-2H3,(H,16,17). The SMILES string of the molecule is CCCCN(C(=O)c1ccnc(NC)c1F)C1CC1. The molecule has 1 saturated carbocycles. The zero-order valence-corrected chi connectivity index (χ0v) is 11.4. The Morgan fingerprint density at radius 3 is 2.89 bits per heavy atom. The first-order chi connectivity index (χ1) is 9.19. The number of hydrogen-bond acceptors (Lipinski definition) is 3. The summed E-state index contributed by atoms with van der Waals surface area (Å²) in [6, 6.07) is 1.75. The summed E-state index contributed by atoms with van der Waals surface area (Å²) in [5.74, 6) is -0.651. The number of nitrogens with zero attached hydrogens (tertiary/aromatic N) is 2. The molecule has 0 saturated heterocycles. The lowest BCUT2D eigenvalue weighted by Crippen LogP contribution is -2.34. The van der Waals surface area contributed by atoms with Crippen molar-refractivity contribution in [2.24, 2.45) is 0 Å². The molecule has 0 bridgehead atoms. The quantitative estimate of drug-likeness (QED) is 0.860. The van der Waals surface area contributed by atoms with E-state index in [2.05, 4.69) is 17.2 Å². The molecule has 19 heavy (non-hydrogen) atoms. The highest BCUT2D eigenvalue weighted by Gasteiger charge is 2.33. The normalized spacial score (nSPS) is 14.3. The molecule has 0 aromatic carbocycles. The van der Waals surface area contributed by atoms with Crippen LogP contribution in [0, 0.1) is 5.82 Å². The highest BCUT2D eigenvalue weighted by Crippen LogP contribution is 2.29. The van der Waals surface area contributed by atoms with Gasteiger partial charge < -0.3 is 10.2 Å². The van der Waals surface area contributed by atoms with Crippen molar-refractivity contribution in [3.05, 3.63) is 23.6 Å². The largest absolute Gasteiger partial charge is 0.371 e. The van der Waals surface area contributed by atoms with Crippen molar-refractivity contribution in [3.63, 3.8) is 0 Å². The van der Waals surface area contributed by atoms with E-state index in [0.717, 1.165) is 25.7 Å².